The summed E-state index contributed by atoms with van der Waals surface area (Å²) in [5.41, 5.74) is 0.937. The molecule has 1 aliphatic rings. The average Bonchev–Trinajstić information content (AvgIpc) is 2.53. The summed E-state index contributed by atoms with van der Waals surface area (Å²) >= 11 is 0. The van der Waals surface area contributed by atoms with E-state index in [1.807, 2.05) is 30.3 Å². The van der Waals surface area contributed by atoms with E-state index in [0.29, 0.717) is 25.9 Å². The molecular formula is C15H24N2O3S. The van der Waals surface area contributed by atoms with E-state index in [0.717, 1.165) is 24.8 Å². The van der Waals surface area contributed by atoms with Crippen molar-refractivity contribution in [1.29, 1.82) is 0 Å². The van der Waals surface area contributed by atoms with Crippen molar-refractivity contribution in [3.8, 4) is 0 Å². The quantitative estimate of drug-likeness (QED) is 0.807. The molecule has 1 aromatic carbocycles. The number of aliphatic hydroxyl groups is 1. The Kier molecular flexibility index (Phi) is 6.17. The van der Waals surface area contributed by atoms with Crippen LogP contribution in [0.15, 0.2) is 30.3 Å². The first-order valence-corrected chi connectivity index (χ1v) is 9.01. The third-order valence-corrected chi connectivity index (χ3v) is 5.43. The van der Waals surface area contributed by atoms with E-state index in [-0.39, 0.29) is 12.6 Å². The van der Waals surface area contributed by atoms with Crippen LogP contribution in [0.3, 0.4) is 0 Å². The first kappa shape index (κ1) is 16.4. The number of hydrogen-bond acceptors (Lipinski definition) is 3. The Morgan fingerprint density at radius 2 is 1.81 bits per heavy atom. The lowest BCUT2D eigenvalue weighted by Gasteiger charge is -2.28. The number of nitrogens with zero attached hydrogens (tertiary/aromatic N) is 1. The predicted octanol–water partition coefficient (Wildman–Crippen LogP) is 1.82. The van der Waals surface area contributed by atoms with E-state index < -0.39 is 10.2 Å². The van der Waals surface area contributed by atoms with Crippen LogP contribution in [0.25, 0.3) is 0 Å². The average molecular weight is 312 g/mol. The molecule has 0 bridgehead atoms. The summed E-state index contributed by atoms with van der Waals surface area (Å²) in [6.07, 6.45) is 4.11. The Bertz CT molecular complexity index is 513. The molecule has 2 N–H and O–H groups in total. The molecule has 1 fully saturated rings. The molecule has 118 valence electrons. The van der Waals surface area contributed by atoms with E-state index in [4.69, 9.17) is 5.11 Å². The highest BCUT2D eigenvalue weighted by Gasteiger charge is 2.27. The van der Waals surface area contributed by atoms with E-state index in [1.54, 1.807) is 0 Å². The SMILES string of the molecule is O=S(=O)(N[C@H](CCCO)c1ccccc1)N1CCCCC1. The van der Waals surface area contributed by atoms with Gasteiger partial charge in [0.05, 0.1) is 0 Å². The summed E-state index contributed by atoms with van der Waals surface area (Å²) in [6, 6.07) is 9.26. The normalized spacial score (nSPS) is 18.5. The van der Waals surface area contributed by atoms with Crippen molar-refractivity contribution in [1.82, 2.24) is 9.03 Å². The fraction of sp³-hybridized carbons (Fsp3) is 0.600. The fourth-order valence-corrected chi connectivity index (χ4v) is 4.14. The van der Waals surface area contributed by atoms with Gasteiger partial charge < -0.3 is 5.11 Å². The van der Waals surface area contributed by atoms with Gasteiger partial charge >= 0.3 is 0 Å². The van der Waals surface area contributed by atoms with Gasteiger partial charge in [0.2, 0.25) is 0 Å². The first-order chi connectivity index (χ1) is 10.1. The Balaban J connectivity index is 2.10. The molecule has 0 unspecified atom stereocenters. The van der Waals surface area contributed by atoms with Crippen LogP contribution in [0.5, 0.6) is 0 Å². The van der Waals surface area contributed by atoms with Crippen LogP contribution in [0.4, 0.5) is 0 Å². The number of aliphatic hydroxyl groups excluding tert-OH is 1. The van der Waals surface area contributed by atoms with Gasteiger partial charge in [0.15, 0.2) is 0 Å². The van der Waals surface area contributed by atoms with Crippen molar-refractivity contribution in [3.05, 3.63) is 35.9 Å². The highest BCUT2D eigenvalue weighted by Crippen LogP contribution is 2.21. The number of benzene rings is 1. The van der Waals surface area contributed by atoms with E-state index >= 15 is 0 Å². The molecule has 5 nitrogen and oxygen atoms in total. The number of nitrogens with one attached hydrogen (secondary N) is 1. The molecular weight excluding hydrogens is 288 g/mol. The zero-order chi connectivity index (χ0) is 15.1. The smallest absolute Gasteiger partial charge is 0.280 e. The molecule has 0 radical (unpaired) electrons. The van der Waals surface area contributed by atoms with Gasteiger partial charge in [-0.05, 0) is 31.2 Å². The number of piperidine rings is 1. The summed E-state index contributed by atoms with van der Waals surface area (Å²) in [5, 5.41) is 9.02. The monoisotopic (exact) mass is 312 g/mol. The van der Waals surface area contributed by atoms with Gasteiger partial charge in [-0.2, -0.15) is 17.4 Å². The minimum Gasteiger partial charge on any atom is -0.396 e. The van der Waals surface area contributed by atoms with Crippen molar-refractivity contribution in [2.24, 2.45) is 0 Å². The fourth-order valence-electron chi connectivity index (χ4n) is 2.63. The van der Waals surface area contributed by atoms with E-state index in [1.165, 1.54) is 4.31 Å². The van der Waals surface area contributed by atoms with Crippen molar-refractivity contribution in [3.63, 3.8) is 0 Å². The third kappa shape index (κ3) is 4.78. The van der Waals surface area contributed by atoms with Crippen LogP contribution in [0.1, 0.15) is 43.7 Å². The molecule has 1 aromatic rings. The molecule has 1 heterocycles. The second-order valence-electron chi connectivity index (χ2n) is 5.41. The maximum atomic E-state index is 12.5. The van der Waals surface area contributed by atoms with Gasteiger partial charge in [0.25, 0.3) is 10.2 Å². The number of hydrogen-bond donors (Lipinski definition) is 2. The van der Waals surface area contributed by atoms with E-state index in [9.17, 15) is 8.42 Å². The molecule has 0 aromatic heterocycles. The second-order valence-corrected chi connectivity index (χ2v) is 7.11. The Labute approximate surface area is 127 Å². The molecule has 2 rings (SSSR count). The molecule has 6 heteroatoms. The molecule has 1 atom stereocenters. The zero-order valence-electron chi connectivity index (χ0n) is 12.2. The summed E-state index contributed by atoms with van der Waals surface area (Å²) in [7, 11) is -3.46. The highest BCUT2D eigenvalue weighted by molar-refractivity contribution is 7.87. The molecule has 1 aliphatic heterocycles. The van der Waals surface area contributed by atoms with Gasteiger partial charge in [-0.25, -0.2) is 0 Å². The van der Waals surface area contributed by atoms with Crippen molar-refractivity contribution in [2.75, 3.05) is 19.7 Å². The van der Waals surface area contributed by atoms with E-state index in [2.05, 4.69) is 4.72 Å². The van der Waals surface area contributed by atoms with Gasteiger partial charge in [0.1, 0.15) is 0 Å². The van der Waals surface area contributed by atoms with Crippen LogP contribution >= 0.6 is 0 Å². The van der Waals surface area contributed by atoms with Gasteiger partial charge in [0, 0.05) is 25.7 Å². The topological polar surface area (TPSA) is 69.6 Å². The third-order valence-electron chi connectivity index (χ3n) is 3.80. The lowest BCUT2D eigenvalue weighted by atomic mass is 10.0. The Morgan fingerprint density at radius 3 is 2.43 bits per heavy atom. The summed E-state index contributed by atoms with van der Waals surface area (Å²) in [4.78, 5) is 0. The highest BCUT2D eigenvalue weighted by atomic mass is 32.2. The summed E-state index contributed by atoms with van der Waals surface area (Å²) in [6.45, 7) is 1.25. The molecule has 0 saturated carbocycles. The molecule has 0 amide bonds. The zero-order valence-corrected chi connectivity index (χ0v) is 13.1. The van der Waals surface area contributed by atoms with Crippen LogP contribution in [0.2, 0.25) is 0 Å². The molecule has 0 spiro atoms. The Hall–Kier alpha value is -0.950. The first-order valence-electron chi connectivity index (χ1n) is 7.56. The van der Waals surface area contributed by atoms with Crippen molar-refractivity contribution in [2.45, 2.75) is 38.1 Å². The summed E-state index contributed by atoms with van der Waals surface area (Å²) in [5.74, 6) is 0. The second kappa shape index (κ2) is 7.89. The Morgan fingerprint density at radius 1 is 1.14 bits per heavy atom. The van der Waals surface area contributed by atoms with Gasteiger partial charge in [-0.1, -0.05) is 36.8 Å². The molecule has 0 aliphatic carbocycles. The maximum absolute atomic E-state index is 12.5. The largest absolute Gasteiger partial charge is 0.396 e. The molecule has 21 heavy (non-hydrogen) atoms. The summed E-state index contributed by atoms with van der Waals surface area (Å²) < 4.78 is 29.3. The standard InChI is InChI=1S/C15H24N2O3S/c18-13-7-10-15(14-8-3-1-4-9-14)16-21(19,20)17-11-5-2-6-12-17/h1,3-4,8-9,15-16,18H,2,5-7,10-13H2/t15-/m1/s1. The molecule has 1 saturated heterocycles. The maximum Gasteiger partial charge on any atom is 0.280 e. The van der Waals surface area contributed by atoms with Crippen LogP contribution < -0.4 is 4.72 Å². The lowest BCUT2D eigenvalue weighted by molar-refractivity contribution is 0.276. The number of rotatable bonds is 7. The van der Waals surface area contributed by atoms with Crippen LogP contribution in [-0.2, 0) is 10.2 Å². The minimum absolute atomic E-state index is 0.0643. The minimum atomic E-state index is -3.46. The van der Waals surface area contributed by atoms with Crippen molar-refractivity contribution >= 4 is 10.2 Å². The van der Waals surface area contributed by atoms with Crippen LogP contribution in [0, 0.1) is 0 Å². The van der Waals surface area contributed by atoms with Gasteiger partial charge in [-0.15, -0.1) is 0 Å². The van der Waals surface area contributed by atoms with Gasteiger partial charge in [-0.3, -0.25) is 0 Å². The van der Waals surface area contributed by atoms with Crippen LogP contribution in [-0.4, -0.2) is 37.5 Å². The predicted molar refractivity (Wildman–Crippen MR) is 83.0 cm³/mol. The lowest BCUT2D eigenvalue weighted by Crippen LogP contribution is -2.44. The van der Waals surface area contributed by atoms with Crippen molar-refractivity contribution < 1.29 is 13.5 Å².